The second-order valence-corrected chi connectivity index (χ2v) is 6.26. The molecule has 21 heavy (non-hydrogen) atoms. The van der Waals surface area contributed by atoms with Gasteiger partial charge in [0.05, 0.1) is 12.2 Å². The molecular formula is C16H22BrNO3. The second-order valence-electron chi connectivity index (χ2n) is 5.34. The molecule has 1 saturated heterocycles. The summed E-state index contributed by atoms with van der Waals surface area (Å²) in [5.74, 6) is 0.202. The van der Waals surface area contributed by atoms with E-state index in [1.807, 2.05) is 24.3 Å². The summed E-state index contributed by atoms with van der Waals surface area (Å²) in [7, 11) is 3.44. The monoisotopic (exact) mass is 355 g/mol. The van der Waals surface area contributed by atoms with Crippen molar-refractivity contribution in [1.82, 2.24) is 4.90 Å². The second kappa shape index (κ2) is 8.03. The van der Waals surface area contributed by atoms with Gasteiger partial charge in [0.15, 0.2) is 5.78 Å². The molecule has 2 unspecified atom stereocenters. The van der Waals surface area contributed by atoms with E-state index in [1.165, 1.54) is 0 Å². The van der Waals surface area contributed by atoms with Crippen LogP contribution < -0.4 is 0 Å². The molecule has 0 N–H and O–H groups in total. The molecule has 4 nitrogen and oxygen atoms in total. The standard InChI is InChI=1S/C16H22BrNO3/c1-20-15-10-18(11-16(15)21-2)9-3-4-14(19)12-5-7-13(17)8-6-12/h5-8,15-16H,3-4,9-11H2,1-2H3. The number of halogens is 1. The van der Waals surface area contributed by atoms with Crippen LogP contribution in [0.1, 0.15) is 23.2 Å². The van der Waals surface area contributed by atoms with Crippen molar-refractivity contribution < 1.29 is 14.3 Å². The normalized spacial score (nSPS) is 22.6. The van der Waals surface area contributed by atoms with Gasteiger partial charge in [0.2, 0.25) is 0 Å². The van der Waals surface area contributed by atoms with Gasteiger partial charge >= 0.3 is 0 Å². The predicted octanol–water partition coefficient (Wildman–Crippen LogP) is 2.76. The van der Waals surface area contributed by atoms with E-state index < -0.39 is 0 Å². The first-order valence-electron chi connectivity index (χ1n) is 7.20. The molecule has 0 amide bonds. The van der Waals surface area contributed by atoms with Gasteiger partial charge in [-0.2, -0.15) is 0 Å². The molecule has 0 aromatic heterocycles. The van der Waals surface area contributed by atoms with Gasteiger partial charge < -0.3 is 9.47 Å². The van der Waals surface area contributed by atoms with Gasteiger partial charge in [-0.15, -0.1) is 0 Å². The van der Waals surface area contributed by atoms with Crippen LogP contribution in [0.3, 0.4) is 0 Å². The van der Waals surface area contributed by atoms with Crippen LogP contribution in [0.4, 0.5) is 0 Å². The van der Waals surface area contributed by atoms with Gasteiger partial charge in [-0.05, 0) is 25.1 Å². The number of carbonyl (C=O) groups is 1. The van der Waals surface area contributed by atoms with Crippen molar-refractivity contribution in [3.05, 3.63) is 34.3 Å². The molecule has 116 valence electrons. The van der Waals surface area contributed by atoms with Gasteiger partial charge in [-0.25, -0.2) is 0 Å². The number of hydrogen-bond acceptors (Lipinski definition) is 4. The highest BCUT2D eigenvalue weighted by atomic mass is 79.9. The smallest absolute Gasteiger partial charge is 0.162 e. The summed E-state index contributed by atoms with van der Waals surface area (Å²) in [5, 5.41) is 0. The van der Waals surface area contributed by atoms with Crippen LogP contribution in [0.2, 0.25) is 0 Å². The fraction of sp³-hybridized carbons (Fsp3) is 0.562. The molecule has 0 bridgehead atoms. The highest BCUT2D eigenvalue weighted by Gasteiger charge is 2.32. The zero-order valence-corrected chi connectivity index (χ0v) is 14.1. The highest BCUT2D eigenvalue weighted by molar-refractivity contribution is 9.10. The number of carbonyl (C=O) groups excluding carboxylic acids is 1. The SMILES string of the molecule is COC1CN(CCCC(=O)c2ccc(Br)cc2)CC1OC. The maximum Gasteiger partial charge on any atom is 0.162 e. The first-order chi connectivity index (χ1) is 10.1. The average Bonchev–Trinajstić information content (AvgIpc) is 2.90. The van der Waals surface area contributed by atoms with Gasteiger partial charge in [0.1, 0.15) is 0 Å². The minimum absolute atomic E-state index is 0.136. The third kappa shape index (κ3) is 4.61. The molecule has 0 radical (unpaired) electrons. The molecule has 0 spiro atoms. The molecule has 5 heteroatoms. The van der Waals surface area contributed by atoms with Gasteiger partial charge in [-0.3, -0.25) is 9.69 Å². The molecule has 1 fully saturated rings. The Labute approximate surface area is 134 Å². The van der Waals surface area contributed by atoms with Crippen molar-refractivity contribution in [2.24, 2.45) is 0 Å². The van der Waals surface area contributed by atoms with E-state index >= 15 is 0 Å². The predicted molar refractivity (Wildman–Crippen MR) is 85.7 cm³/mol. The van der Waals surface area contributed by atoms with E-state index in [0.29, 0.717) is 6.42 Å². The number of Topliss-reactive ketones (excluding diaryl/α,β-unsaturated/α-hetero) is 1. The van der Waals surface area contributed by atoms with Crippen molar-refractivity contribution in [3.63, 3.8) is 0 Å². The lowest BCUT2D eigenvalue weighted by Crippen LogP contribution is -2.27. The summed E-state index contributed by atoms with van der Waals surface area (Å²) in [6.45, 7) is 2.66. The van der Waals surface area contributed by atoms with E-state index in [4.69, 9.17) is 9.47 Å². The molecule has 0 saturated carbocycles. The quantitative estimate of drug-likeness (QED) is 0.705. The Bertz CT molecular complexity index is 451. The molecule has 0 aliphatic carbocycles. The molecule has 1 aliphatic heterocycles. The summed E-state index contributed by atoms with van der Waals surface area (Å²) in [4.78, 5) is 14.4. The molecule has 2 rings (SSSR count). The maximum atomic E-state index is 12.1. The lowest BCUT2D eigenvalue weighted by atomic mass is 10.1. The number of likely N-dealkylation sites (tertiary alicyclic amines) is 1. The van der Waals surface area contributed by atoms with Crippen molar-refractivity contribution in [3.8, 4) is 0 Å². The first-order valence-corrected chi connectivity index (χ1v) is 8.00. The third-order valence-corrected chi connectivity index (χ3v) is 4.47. The maximum absolute atomic E-state index is 12.1. The molecule has 1 aromatic rings. The fourth-order valence-corrected chi connectivity index (χ4v) is 2.96. The van der Waals surface area contributed by atoms with Gasteiger partial charge in [-0.1, -0.05) is 28.1 Å². The Morgan fingerprint density at radius 3 is 2.29 bits per heavy atom. The number of benzene rings is 1. The van der Waals surface area contributed by atoms with Crippen molar-refractivity contribution in [2.45, 2.75) is 25.0 Å². The van der Waals surface area contributed by atoms with Crippen molar-refractivity contribution in [1.29, 1.82) is 0 Å². The molecule has 2 atom stereocenters. The summed E-state index contributed by atoms with van der Waals surface area (Å²) in [5.41, 5.74) is 0.782. The zero-order chi connectivity index (χ0) is 15.2. The summed E-state index contributed by atoms with van der Waals surface area (Å²) >= 11 is 3.38. The number of nitrogens with zero attached hydrogens (tertiary/aromatic N) is 1. The van der Waals surface area contributed by atoms with Crippen molar-refractivity contribution >= 4 is 21.7 Å². The third-order valence-electron chi connectivity index (χ3n) is 3.94. The van der Waals surface area contributed by atoms with E-state index in [9.17, 15) is 4.79 Å². The van der Waals surface area contributed by atoms with E-state index in [0.717, 1.165) is 36.1 Å². The summed E-state index contributed by atoms with van der Waals surface area (Å²) in [6, 6.07) is 7.54. The summed E-state index contributed by atoms with van der Waals surface area (Å²) < 4.78 is 11.8. The van der Waals surface area contributed by atoms with Crippen molar-refractivity contribution in [2.75, 3.05) is 33.9 Å². The van der Waals surface area contributed by atoms with Gasteiger partial charge in [0.25, 0.3) is 0 Å². The van der Waals surface area contributed by atoms with Gasteiger partial charge in [0, 0.05) is 43.8 Å². The van der Waals surface area contributed by atoms with E-state index in [1.54, 1.807) is 14.2 Å². The minimum atomic E-state index is 0.136. The fourth-order valence-electron chi connectivity index (χ4n) is 2.70. The Hall–Kier alpha value is -0.750. The Kier molecular flexibility index (Phi) is 6.36. The molecule has 1 heterocycles. The molecule has 1 aliphatic rings. The highest BCUT2D eigenvalue weighted by Crippen LogP contribution is 2.17. The number of ether oxygens (including phenoxy) is 2. The van der Waals surface area contributed by atoms with Crippen LogP contribution >= 0.6 is 15.9 Å². The average molecular weight is 356 g/mol. The van der Waals surface area contributed by atoms with Crippen LogP contribution in [0.5, 0.6) is 0 Å². The van der Waals surface area contributed by atoms with Crippen LogP contribution in [-0.2, 0) is 9.47 Å². The van der Waals surface area contributed by atoms with E-state index in [2.05, 4.69) is 20.8 Å². The zero-order valence-electron chi connectivity index (χ0n) is 12.5. The minimum Gasteiger partial charge on any atom is -0.377 e. The first kappa shape index (κ1) is 16.6. The Balaban J connectivity index is 1.74. The largest absolute Gasteiger partial charge is 0.377 e. The molecular weight excluding hydrogens is 334 g/mol. The lowest BCUT2D eigenvalue weighted by Gasteiger charge is -2.14. The Morgan fingerprint density at radius 2 is 1.76 bits per heavy atom. The number of ketones is 1. The van der Waals surface area contributed by atoms with Crippen LogP contribution in [-0.4, -0.2) is 56.7 Å². The van der Waals surface area contributed by atoms with E-state index in [-0.39, 0.29) is 18.0 Å². The van der Waals surface area contributed by atoms with Crippen LogP contribution in [0, 0.1) is 0 Å². The van der Waals surface area contributed by atoms with Crippen LogP contribution in [0.25, 0.3) is 0 Å². The van der Waals surface area contributed by atoms with Crippen LogP contribution in [0.15, 0.2) is 28.7 Å². The topological polar surface area (TPSA) is 38.8 Å². The number of hydrogen-bond donors (Lipinski definition) is 0. The molecule has 1 aromatic carbocycles. The Morgan fingerprint density at radius 1 is 1.19 bits per heavy atom. The lowest BCUT2D eigenvalue weighted by molar-refractivity contribution is -0.00461. The number of rotatable bonds is 7. The summed E-state index contributed by atoms with van der Waals surface area (Å²) in [6.07, 6.45) is 1.71. The number of methoxy groups -OCH3 is 2.